The van der Waals surface area contributed by atoms with Gasteiger partial charge in [-0.15, -0.1) is 0 Å². The second kappa shape index (κ2) is 5.61. The number of alkyl halides is 1. The van der Waals surface area contributed by atoms with E-state index in [1.54, 1.807) is 4.90 Å². The molecule has 0 aliphatic heterocycles. The summed E-state index contributed by atoms with van der Waals surface area (Å²) in [7, 11) is 0. The molecular formula is C13H16BrNO3. The number of nitrogens with zero attached hydrogens (tertiary/aromatic N) is 1. The van der Waals surface area contributed by atoms with Gasteiger partial charge in [-0.3, -0.25) is 4.79 Å². The number of amides is 1. The highest BCUT2D eigenvalue weighted by Crippen LogP contribution is 2.32. The van der Waals surface area contributed by atoms with E-state index in [0.29, 0.717) is 11.9 Å². The van der Waals surface area contributed by atoms with Crippen molar-refractivity contribution in [1.29, 1.82) is 0 Å². The number of carbonyl (C=O) groups excluding carboxylic acids is 1. The van der Waals surface area contributed by atoms with Crippen molar-refractivity contribution in [1.82, 2.24) is 4.90 Å². The predicted molar refractivity (Wildman–Crippen MR) is 72.2 cm³/mol. The number of hydrogen-bond donors (Lipinski definition) is 2. The topological polar surface area (TPSA) is 60.8 Å². The van der Waals surface area contributed by atoms with E-state index in [-0.39, 0.29) is 29.0 Å². The molecule has 1 aromatic carbocycles. The number of halogens is 1. The normalized spacial score (nSPS) is 15.2. The maximum atomic E-state index is 12.4. The standard InChI is InChI=1S/C13H16BrNO3/c14-7-8-15(9-3-1-4-9)13(18)12-10(16)5-2-6-11(12)17/h2,5-6,9,16-17H,1,3-4,7-8H2. The quantitative estimate of drug-likeness (QED) is 0.840. The fourth-order valence-electron chi connectivity index (χ4n) is 2.13. The molecule has 1 aliphatic rings. The van der Waals surface area contributed by atoms with Crippen LogP contribution in [-0.4, -0.2) is 38.9 Å². The number of phenols is 2. The summed E-state index contributed by atoms with van der Waals surface area (Å²) in [4.78, 5) is 14.1. The lowest BCUT2D eigenvalue weighted by molar-refractivity contribution is 0.0593. The van der Waals surface area contributed by atoms with Crippen LogP contribution in [-0.2, 0) is 0 Å². The van der Waals surface area contributed by atoms with Crippen LogP contribution in [0.5, 0.6) is 11.5 Å². The Bertz CT molecular complexity index is 426. The molecule has 0 aromatic heterocycles. The van der Waals surface area contributed by atoms with E-state index in [4.69, 9.17) is 0 Å². The summed E-state index contributed by atoms with van der Waals surface area (Å²) in [5.74, 6) is -0.632. The highest BCUT2D eigenvalue weighted by Gasteiger charge is 2.31. The summed E-state index contributed by atoms with van der Waals surface area (Å²) in [6, 6.07) is 4.58. The van der Waals surface area contributed by atoms with E-state index in [9.17, 15) is 15.0 Å². The largest absolute Gasteiger partial charge is 0.507 e. The minimum atomic E-state index is -0.297. The van der Waals surface area contributed by atoms with Crippen molar-refractivity contribution in [3.05, 3.63) is 23.8 Å². The molecule has 1 aromatic rings. The zero-order valence-electron chi connectivity index (χ0n) is 9.97. The number of rotatable bonds is 4. The van der Waals surface area contributed by atoms with Crippen molar-refractivity contribution < 1.29 is 15.0 Å². The molecular weight excluding hydrogens is 298 g/mol. The molecule has 2 N–H and O–H groups in total. The maximum Gasteiger partial charge on any atom is 0.261 e. The van der Waals surface area contributed by atoms with Gasteiger partial charge in [0.25, 0.3) is 5.91 Å². The first-order valence-corrected chi connectivity index (χ1v) is 7.15. The fraction of sp³-hybridized carbons (Fsp3) is 0.462. The third-order valence-corrected chi connectivity index (χ3v) is 3.69. The van der Waals surface area contributed by atoms with Crippen LogP contribution >= 0.6 is 15.9 Å². The van der Waals surface area contributed by atoms with Gasteiger partial charge in [-0.25, -0.2) is 0 Å². The SMILES string of the molecule is O=C(c1c(O)cccc1O)N(CCBr)C1CCC1. The van der Waals surface area contributed by atoms with Crippen molar-refractivity contribution in [3.63, 3.8) is 0 Å². The maximum absolute atomic E-state index is 12.4. The predicted octanol–water partition coefficient (Wildman–Crippen LogP) is 2.49. The Morgan fingerprint density at radius 1 is 1.33 bits per heavy atom. The Labute approximate surface area is 114 Å². The highest BCUT2D eigenvalue weighted by molar-refractivity contribution is 9.09. The van der Waals surface area contributed by atoms with Gasteiger partial charge in [0.15, 0.2) is 0 Å². The molecule has 0 radical (unpaired) electrons. The molecule has 1 saturated carbocycles. The molecule has 4 nitrogen and oxygen atoms in total. The Morgan fingerprint density at radius 2 is 1.94 bits per heavy atom. The van der Waals surface area contributed by atoms with Crippen molar-refractivity contribution >= 4 is 21.8 Å². The van der Waals surface area contributed by atoms with Gasteiger partial charge < -0.3 is 15.1 Å². The molecule has 5 heteroatoms. The van der Waals surface area contributed by atoms with Crippen LogP contribution in [0.4, 0.5) is 0 Å². The molecule has 2 rings (SSSR count). The Morgan fingerprint density at radius 3 is 2.39 bits per heavy atom. The number of phenolic OH excluding ortho intramolecular Hbond substituents is 2. The first kappa shape index (κ1) is 13.2. The molecule has 18 heavy (non-hydrogen) atoms. The molecule has 0 heterocycles. The van der Waals surface area contributed by atoms with Gasteiger partial charge in [0, 0.05) is 17.9 Å². The molecule has 1 aliphatic carbocycles. The van der Waals surface area contributed by atoms with Gasteiger partial charge in [0.1, 0.15) is 17.1 Å². The number of carbonyl (C=O) groups is 1. The molecule has 0 spiro atoms. The van der Waals surface area contributed by atoms with Crippen molar-refractivity contribution in [2.45, 2.75) is 25.3 Å². The van der Waals surface area contributed by atoms with Crippen LogP contribution in [0.2, 0.25) is 0 Å². The molecule has 0 unspecified atom stereocenters. The van der Waals surface area contributed by atoms with Crippen molar-refractivity contribution in [2.24, 2.45) is 0 Å². The lowest BCUT2D eigenvalue weighted by Gasteiger charge is -2.37. The highest BCUT2D eigenvalue weighted by atomic mass is 79.9. The van der Waals surface area contributed by atoms with E-state index in [2.05, 4.69) is 15.9 Å². The van der Waals surface area contributed by atoms with Crippen LogP contribution < -0.4 is 0 Å². The van der Waals surface area contributed by atoms with Gasteiger partial charge in [-0.1, -0.05) is 22.0 Å². The van der Waals surface area contributed by atoms with Crippen LogP contribution in [0.3, 0.4) is 0 Å². The third kappa shape index (κ3) is 2.46. The van der Waals surface area contributed by atoms with Crippen molar-refractivity contribution in [3.8, 4) is 11.5 Å². The zero-order valence-corrected chi connectivity index (χ0v) is 11.6. The van der Waals surface area contributed by atoms with Crippen LogP contribution in [0.25, 0.3) is 0 Å². The average Bonchev–Trinajstić information content (AvgIpc) is 2.25. The third-order valence-electron chi connectivity index (χ3n) is 3.34. The van der Waals surface area contributed by atoms with Gasteiger partial charge in [-0.05, 0) is 31.4 Å². The lowest BCUT2D eigenvalue weighted by Crippen LogP contribution is -2.45. The summed E-state index contributed by atoms with van der Waals surface area (Å²) in [5.41, 5.74) is 0.00495. The van der Waals surface area contributed by atoms with E-state index < -0.39 is 0 Å². The van der Waals surface area contributed by atoms with Gasteiger partial charge in [0.05, 0.1) is 0 Å². The smallest absolute Gasteiger partial charge is 0.261 e. The molecule has 1 fully saturated rings. The first-order valence-electron chi connectivity index (χ1n) is 6.03. The van der Waals surface area contributed by atoms with Crippen LogP contribution in [0, 0.1) is 0 Å². The average molecular weight is 314 g/mol. The number of aromatic hydroxyl groups is 2. The number of hydrogen-bond acceptors (Lipinski definition) is 3. The van der Waals surface area contributed by atoms with Gasteiger partial charge in [0.2, 0.25) is 0 Å². The number of benzene rings is 1. The van der Waals surface area contributed by atoms with Crippen LogP contribution in [0.15, 0.2) is 18.2 Å². The zero-order chi connectivity index (χ0) is 13.1. The molecule has 0 atom stereocenters. The molecule has 0 bridgehead atoms. The second-order valence-electron chi connectivity index (χ2n) is 4.44. The first-order chi connectivity index (χ1) is 8.65. The van der Waals surface area contributed by atoms with Gasteiger partial charge in [-0.2, -0.15) is 0 Å². The Balaban J connectivity index is 2.27. The monoisotopic (exact) mass is 313 g/mol. The van der Waals surface area contributed by atoms with Crippen molar-refractivity contribution in [2.75, 3.05) is 11.9 Å². The minimum absolute atomic E-state index is 0.00495. The summed E-state index contributed by atoms with van der Waals surface area (Å²) in [6.07, 6.45) is 3.11. The summed E-state index contributed by atoms with van der Waals surface area (Å²) < 4.78 is 0. The van der Waals surface area contributed by atoms with Gasteiger partial charge >= 0.3 is 0 Å². The minimum Gasteiger partial charge on any atom is -0.507 e. The molecule has 98 valence electrons. The molecule has 0 saturated heterocycles. The summed E-state index contributed by atoms with van der Waals surface area (Å²) >= 11 is 3.33. The lowest BCUT2D eigenvalue weighted by atomic mass is 9.91. The summed E-state index contributed by atoms with van der Waals surface area (Å²) in [5, 5.41) is 20.1. The fourth-order valence-corrected chi connectivity index (χ4v) is 2.51. The van der Waals surface area contributed by atoms with E-state index in [1.807, 2.05) is 0 Å². The second-order valence-corrected chi connectivity index (χ2v) is 5.24. The summed E-state index contributed by atoms with van der Waals surface area (Å²) in [6.45, 7) is 0.581. The van der Waals surface area contributed by atoms with E-state index in [1.165, 1.54) is 18.2 Å². The Kier molecular flexibility index (Phi) is 4.11. The van der Waals surface area contributed by atoms with Crippen LogP contribution in [0.1, 0.15) is 29.6 Å². The molecule has 1 amide bonds. The van der Waals surface area contributed by atoms with E-state index in [0.717, 1.165) is 19.3 Å². The Hall–Kier alpha value is -1.23. The van der Waals surface area contributed by atoms with E-state index >= 15 is 0 Å².